The molecule has 1 aliphatic rings. The molecule has 1 fully saturated rings. The number of hydrogen-bond acceptors (Lipinski definition) is 6. The quantitative estimate of drug-likeness (QED) is 0.643. The van der Waals surface area contributed by atoms with E-state index in [1.165, 1.54) is 0 Å². The van der Waals surface area contributed by atoms with E-state index in [1.807, 2.05) is 30.3 Å². The number of aliphatic hydroxyl groups is 3. The van der Waals surface area contributed by atoms with Crippen molar-refractivity contribution in [2.24, 2.45) is 0 Å². The molecule has 19 heavy (non-hydrogen) atoms. The van der Waals surface area contributed by atoms with Gasteiger partial charge >= 0.3 is 5.97 Å². The maximum Gasteiger partial charge on any atom is 0.335 e. The van der Waals surface area contributed by atoms with Gasteiger partial charge in [-0.3, -0.25) is 0 Å². The molecule has 1 aromatic carbocycles. The van der Waals surface area contributed by atoms with E-state index >= 15 is 0 Å². The van der Waals surface area contributed by atoms with E-state index in [1.54, 1.807) is 0 Å². The zero-order chi connectivity index (χ0) is 13.8. The maximum absolute atomic E-state index is 11.7. The van der Waals surface area contributed by atoms with E-state index in [0.29, 0.717) is 0 Å². The molecule has 3 N–H and O–H groups in total. The number of rotatable bonds is 3. The Labute approximate surface area is 110 Å². The number of benzene rings is 1. The van der Waals surface area contributed by atoms with Crippen LogP contribution in [0.2, 0.25) is 0 Å². The summed E-state index contributed by atoms with van der Waals surface area (Å²) in [6, 6.07) is 9.11. The second kappa shape index (κ2) is 6.12. The second-order valence-electron chi connectivity index (χ2n) is 4.40. The van der Waals surface area contributed by atoms with Crippen molar-refractivity contribution >= 4 is 5.97 Å². The summed E-state index contributed by atoms with van der Waals surface area (Å²) in [7, 11) is 0. The minimum absolute atomic E-state index is 0.0915. The molecule has 0 aromatic heterocycles. The van der Waals surface area contributed by atoms with Gasteiger partial charge in [0.05, 0.1) is 6.10 Å². The first-order valence-electron chi connectivity index (χ1n) is 5.98. The molecule has 0 spiro atoms. The zero-order valence-electron chi connectivity index (χ0n) is 10.2. The number of carbonyl (C=O) groups excluding carboxylic acids is 1. The number of ether oxygens (including phenoxy) is 2. The molecule has 0 bridgehead atoms. The lowest BCUT2D eigenvalue weighted by Crippen LogP contribution is -2.50. The van der Waals surface area contributed by atoms with Crippen LogP contribution in [0.25, 0.3) is 0 Å². The van der Waals surface area contributed by atoms with Gasteiger partial charge in [0.2, 0.25) is 0 Å². The van der Waals surface area contributed by atoms with Gasteiger partial charge in [0, 0.05) is 6.42 Å². The van der Waals surface area contributed by atoms with E-state index in [-0.39, 0.29) is 13.0 Å². The fourth-order valence-corrected chi connectivity index (χ4v) is 1.83. The molecular weight excluding hydrogens is 252 g/mol. The fraction of sp³-hybridized carbons (Fsp3) is 0.462. The highest BCUT2D eigenvalue weighted by Gasteiger charge is 2.39. The van der Waals surface area contributed by atoms with Crippen LogP contribution in [0, 0.1) is 0 Å². The topological polar surface area (TPSA) is 96.2 Å². The molecule has 0 saturated carbocycles. The molecule has 6 nitrogen and oxygen atoms in total. The molecule has 4 atom stereocenters. The molecule has 104 valence electrons. The van der Waals surface area contributed by atoms with Crippen molar-refractivity contribution in [2.75, 3.05) is 0 Å². The van der Waals surface area contributed by atoms with Gasteiger partial charge in [-0.15, -0.1) is 0 Å². The smallest absolute Gasteiger partial charge is 0.335 e. The number of hydrogen-bond donors (Lipinski definition) is 3. The molecule has 1 aromatic rings. The average Bonchev–Trinajstić information content (AvgIpc) is 2.42. The largest absolute Gasteiger partial charge is 0.459 e. The van der Waals surface area contributed by atoms with Crippen LogP contribution in [0.15, 0.2) is 30.3 Å². The number of carbonyl (C=O) groups is 1. The molecule has 1 saturated heterocycles. The summed E-state index contributed by atoms with van der Waals surface area (Å²) < 4.78 is 9.92. The van der Waals surface area contributed by atoms with Gasteiger partial charge in [0.1, 0.15) is 12.7 Å². The van der Waals surface area contributed by atoms with Gasteiger partial charge < -0.3 is 24.8 Å². The van der Waals surface area contributed by atoms with Crippen molar-refractivity contribution < 1.29 is 29.6 Å². The van der Waals surface area contributed by atoms with Crippen LogP contribution in [-0.4, -0.2) is 45.9 Å². The number of aliphatic hydroxyl groups excluding tert-OH is 3. The van der Waals surface area contributed by atoms with Crippen molar-refractivity contribution in [2.45, 2.75) is 37.6 Å². The normalized spacial score (nSPS) is 30.9. The van der Waals surface area contributed by atoms with Crippen molar-refractivity contribution in [3.05, 3.63) is 35.9 Å². The maximum atomic E-state index is 11.7. The van der Waals surface area contributed by atoms with E-state index in [2.05, 4.69) is 0 Å². The summed E-state index contributed by atoms with van der Waals surface area (Å²) in [5.41, 5.74) is 0.827. The van der Waals surface area contributed by atoms with Crippen LogP contribution in [0.3, 0.4) is 0 Å². The van der Waals surface area contributed by atoms with E-state index in [4.69, 9.17) is 9.47 Å². The van der Waals surface area contributed by atoms with Gasteiger partial charge in [-0.2, -0.15) is 0 Å². The van der Waals surface area contributed by atoms with Gasteiger partial charge in [0.25, 0.3) is 0 Å². The first kappa shape index (κ1) is 14.0. The summed E-state index contributed by atoms with van der Waals surface area (Å²) in [4.78, 5) is 11.7. The van der Waals surface area contributed by atoms with Crippen LogP contribution in [0.4, 0.5) is 0 Å². The molecule has 0 unspecified atom stereocenters. The van der Waals surface area contributed by atoms with E-state index < -0.39 is 30.6 Å². The molecule has 1 heterocycles. The van der Waals surface area contributed by atoms with Crippen LogP contribution < -0.4 is 0 Å². The Morgan fingerprint density at radius 1 is 1.26 bits per heavy atom. The first-order valence-corrected chi connectivity index (χ1v) is 5.98. The Bertz CT molecular complexity index is 408. The molecule has 0 aliphatic carbocycles. The third kappa shape index (κ3) is 3.51. The Morgan fingerprint density at radius 3 is 2.58 bits per heavy atom. The summed E-state index contributed by atoms with van der Waals surface area (Å²) in [6.45, 7) is 0.0915. The Morgan fingerprint density at radius 2 is 1.95 bits per heavy atom. The lowest BCUT2D eigenvalue weighted by molar-refractivity contribution is -0.250. The van der Waals surface area contributed by atoms with E-state index in [0.717, 1.165) is 5.56 Å². The highest BCUT2D eigenvalue weighted by atomic mass is 16.6. The van der Waals surface area contributed by atoms with Gasteiger partial charge in [-0.1, -0.05) is 30.3 Å². The predicted molar refractivity (Wildman–Crippen MR) is 63.7 cm³/mol. The molecule has 1 aliphatic heterocycles. The number of esters is 1. The fourth-order valence-electron chi connectivity index (χ4n) is 1.83. The third-order valence-corrected chi connectivity index (χ3v) is 2.93. The van der Waals surface area contributed by atoms with Crippen molar-refractivity contribution in [3.63, 3.8) is 0 Å². The molecule has 2 rings (SSSR count). The van der Waals surface area contributed by atoms with Crippen LogP contribution >= 0.6 is 0 Å². The molecule has 6 heteroatoms. The Hall–Kier alpha value is -1.47. The molecular formula is C13H16O6. The van der Waals surface area contributed by atoms with Crippen molar-refractivity contribution in [3.8, 4) is 0 Å². The lowest BCUT2D eigenvalue weighted by Gasteiger charge is -2.32. The Kier molecular flexibility index (Phi) is 4.49. The van der Waals surface area contributed by atoms with Gasteiger partial charge in [-0.25, -0.2) is 4.79 Å². The van der Waals surface area contributed by atoms with Crippen molar-refractivity contribution in [1.82, 2.24) is 0 Å². The summed E-state index contributed by atoms with van der Waals surface area (Å²) >= 11 is 0. The van der Waals surface area contributed by atoms with Crippen LogP contribution in [0.5, 0.6) is 0 Å². The summed E-state index contributed by atoms with van der Waals surface area (Å²) in [5, 5.41) is 28.0. The van der Waals surface area contributed by atoms with Crippen LogP contribution in [0.1, 0.15) is 12.0 Å². The Balaban J connectivity index is 1.87. The van der Waals surface area contributed by atoms with Gasteiger partial charge in [0.15, 0.2) is 12.4 Å². The minimum Gasteiger partial charge on any atom is -0.459 e. The lowest BCUT2D eigenvalue weighted by atomic mass is 10.0. The second-order valence-corrected chi connectivity index (χ2v) is 4.40. The molecule has 0 amide bonds. The highest BCUT2D eigenvalue weighted by Crippen LogP contribution is 2.20. The van der Waals surface area contributed by atoms with Crippen LogP contribution in [-0.2, 0) is 20.9 Å². The molecule has 0 radical (unpaired) electrons. The monoisotopic (exact) mass is 268 g/mol. The third-order valence-electron chi connectivity index (χ3n) is 2.93. The predicted octanol–water partition coefficient (Wildman–Crippen LogP) is -0.441. The SMILES string of the molecule is O=C(OCc1ccccc1)[C@@H]1C[C@H](O)[C@@H](O)[C@H](O)O1. The highest BCUT2D eigenvalue weighted by molar-refractivity contribution is 5.74. The van der Waals surface area contributed by atoms with Crippen molar-refractivity contribution in [1.29, 1.82) is 0 Å². The zero-order valence-corrected chi connectivity index (χ0v) is 10.2. The van der Waals surface area contributed by atoms with Gasteiger partial charge in [-0.05, 0) is 5.56 Å². The summed E-state index contributed by atoms with van der Waals surface area (Å²) in [5.74, 6) is -0.672. The minimum atomic E-state index is -1.59. The standard InChI is InChI=1S/C13H16O6/c14-9-6-10(19-13(17)11(9)15)12(16)18-7-8-4-2-1-3-5-8/h1-5,9-11,13-15,17H,6-7H2/t9-,10-,11+,13+/m0/s1. The first-order chi connectivity index (χ1) is 9.08. The average molecular weight is 268 g/mol. The summed E-state index contributed by atoms with van der Waals surface area (Å²) in [6.07, 6.45) is -5.38. The van der Waals surface area contributed by atoms with E-state index in [9.17, 15) is 20.1 Å².